The smallest absolute Gasteiger partial charge is 0.336 e. The normalized spacial score (nSPS) is 10.9. The Morgan fingerprint density at radius 2 is 1.90 bits per heavy atom. The van der Waals surface area contributed by atoms with E-state index >= 15 is 0 Å². The van der Waals surface area contributed by atoms with E-state index in [0.717, 1.165) is 10.0 Å². The molecule has 0 atom stereocenters. The lowest BCUT2D eigenvalue weighted by Crippen LogP contribution is -2.17. The molecule has 0 spiro atoms. The zero-order chi connectivity index (χ0) is 20.5. The largest absolute Gasteiger partial charge is 0.423 e. The highest BCUT2D eigenvalue weighted by Gasteiger charge is 2.08. The fourth-order valence-electron chi connectivity index (χ4n) is 2.31. The van der Waals surface area contributed by atoms with E-state index in [-0.39, 0.29) is 0 Å². The molecule has 1 N–H and O–H groups in total. The number of aromatic nitrogens is 1. The summed E-state index contributed by atoms with van der Waals surface area (Å²) in [5.74, 6) is -0.603. The highest BCUT2D eigenvalue weighted by Crippen LogP contribution is 2.22. The summed E-state index contributed by atoms with van der Waals surface area (Å²) in [5, 5.41) is 3.94. The second-order valence-corrected chi connectivity index (χ2v) is 6.70. The monoisotopic (exact) mass is 449 g/mol. The summed E-state index contributed by atoms with van der Waals surface area (Å²) in [6, 6.07) is 17.8. The second kappa shape index (κ2) is 10.1. The van der Waals surface area contributed by atoms with Crippen molar-refractivity contribution in [2.75, 3.05) is 0 Å². The van der Waals surface area contributed by atoms with Crippen LogP contribution in [0.1, 0.15) is 21.5 Å². The lowest BCUT2D eigenvalue weighted by Gasteiger charge is -2.06. The van der Waals surface area contributed by atoms with Crippen LogP contribution in [0.2, 0.25) is 0 Å². The lowest BCUT2D eigenvalue weighted by atomic mass is 10.2. The van der Waals surface area contributed by atoms with Crippen molar-refractivity contribution in [3.63, 3.8) is 0 Å². The first-order valence-electron chi connectivity index (χ1n) is 8.60. The van der Waals surface area contributed by atoms with Crippen molar-refractivity contribution < 1.29 is 14.3 Å². The number of hydrogen-bond acceptors (Lipinski definition) is 5. The molecule has 0 aliphatic rings. The van der Waals surface area contributed by atoms with Gasteiger partial charge in [0.05, 0.1) is 11.8 Å². The Balaban J connectivity index is 1.68. The van der Waals surface area contributed by atoms with Crippen molar-refractivity contribution in [3.8, 4) is 5.75 Å². The number of rotatable bonds is 6. The summed E-state index contributed by atoms with van der Waals surface area (Å²) in [4.78, 5) is 28.1. The van der Waals surface area contributed by atoms with Gasteiger partial charge in [0, 0.05) is 28.5 Å². The lowest BCUT2D eigenvalue weighted by molar-refractivity contribution is -0.128. The first-order valence-corrected chi connectivity index (χ1v) is 9.39. The first kappa shape index (κ1) is 20.2. The Morgan fingerprint density at radius 3 is 2.66 bits per heavy atom. The molecule has 1 heterocycles. The minimum absolute atomic E-state index is 0.315. The van der Waals surface area contributed by atoms with Gasteiger partial charge in [0.25, 0.3) is 5.91 Å². The highest BCUT2D eigenvalue weighted by molar-refractivity contribution is 9.10. The third kappa shape index (κ3) is 6.22. The molecule has 2 aromatic carbocycles. The maximum absolute atomic E-state index is 12.1. The van der Waals surface area contributed by atoms with E-state index < -0.39 is 11.9 Å². The number of carbonyl (C=O) groups excluding carboxylic acids is 2. The number of amides is 1. The molecule has 1 amide bonds. The molecule has 7 heteroatoms. The standard InChI is InChI=1S/C22H16BrN3O3/c23-19-9-10-20(29-21(27)11-8-16-5-2-1-3-6-16)18(13-19)15-25-26-22(28)17-7-4-12-24-14-17/h1-15H,(H,26,28). The van der Waals surface area contributed by atoms with Crippen molar-refractivity contribution in [2.24, 2.45) is 5.10 Å². The van der Waals surface area contributed by atoms with Gasteiger partial charge in [-0.25, -0.2) is 10.2 Å². The van der Waals surface area contributed by atoms with Gasteiger partial charge < -0.3 is 4.74 Å². The van der Waals surface area contributed by atoms with Gasteiger partial charge in [-0.3, -0.25) is 9.78 Å². The molecule has 6 nitrogen and oxygen atoms in total. The van der Waals surface area contributed by atoms with E-state index in [4.69, 9.17) is 4.74 Å². The fourth-order valence-corrected chi connectivity index (χ4v) is 2.68. The average molecular weight is 450 g/mol. The van der Waals surface area contributed by atoms with Crippen molar-refractivity contribution in [1.29, 1.82) is 0 Å². The van der Waals surface area contributed by atoms with Crippen LogP contribution in [0, 0.1) is 0 Å². The predicted molar refractivity (Wildman–Crippen MR) is 115 cm³/mol. The zero-order valence-corrected chi connectivity index (χ0v) is 16.7. The molecule has 0 saturated heterocycles. The number of halogens is 1. The molecular weight excluding hydrogens is 434 g/mol. The van der Waals surface area contributed by atoms with Gasteiger partial charge in [0.15, 0.2) is 0 Å². The van der Waals surface area contributed by atoms with Crippen molar-refractivity contribution in [1.82, 2.24) is 10.4 Å². The van der Waals surface area contributed by atoms with Gasteiger partial charge in [-0.15, -0.1) is 0 Å². The van der Waals surface area contributed by atoms with Crippen LogP contribution in [0.3, 0.4) is 0 Å². The maximum atomic E-state index is 12.1. The molecule has 0 saturated carbocycles. The third-order valence-corrected chi connectivity index (χ3v) is 4.18. The summed E-state index contributed by atoms with van der Waals surface area (Å²) in [5.41, 5.74) is 4.21. The van der Waals surface area contributed by atoms with E-state index in [1.807, 2.05) is 30.3 Å². The average Bonchev–Trinajstić information content (AvgIpc) is 2.75. The minimum Gasteiger partial charge on any atom is -0.423 e. The quantitative estimate of drug-likeness (QED) is 0.201. The van der Waals surface area contributed by atoms with Gasteiger partial charge in [-0.05, 0) is 42.0 Å². The molecule has 0 aliphatic carbocycles. The maximum Gasteiger partial charge on any atom is 0.336 e. The van der Waals surface area contributed by atoms with Crippen LogP contribution in [0.5, 0.6) is 5.75 Å². The van der Waals surface area contributed by atoms with E-state index in [1.54, 1.807) is 42.6 Å². The number of nitrogens with zero attached hydrogens (tertiary/aromatic N) is 2. The SMILES string of the molecule is O=C(C=Cc1ccccc1)Oc1ccc(Br)cc1C=NNC(=O)c1cccnc1. The van der Waals surface area contributed by atoms with E-state index in [9.17, 15) is 9.59 Å². The predicted octanol–water partition coefficient (Wildman–Crippen LogP) is 4.23. The van der Waals surface area contributed by atoms with E-state index in [1.165, 1.54) is 18.5 Å². The van der Waals surface area contributed by atoms with Crippen LogP contribution in [0.4, 0.5) is 0 Å². The van der Waals surface area contributed by atoms with Gasteiger partial charge in [0.2, 0.25) is 0 Å². The molecule has 0 fully saturated rings. The summed E-state index contributed by atoms with van der Waals surface area (Å²) in [6.45, 7) is 0. The number of ether oxygens (including phenoxy) is 1. The van der Waals surface area contributed by atoms with Gasteiger partial charge in [-0.1, -0.05) is 46.3 Å². The van der Waals surface area contributed by atoms with Crippen LogP contribution in [-0.2, 0) is 4.79 Å². The van der Waals surface area contributed by atoms with Crippen LogP contribution >= 0.6 is 15.9 Å². The molecule has 0 bridgehead atoms. The number of pyridine rings is 1. The molecule has 0 unspecified atom stereocenters. The molecular formula is C22H16BrN3O3. The second-order valence-electron chi connectivity index (χ2n) is 5.79. The topological polar surface area (TPSA) is 80.6 Å². The van der Waals surface area contributed by atoms with Crippen LogP contribution < -0.4 is 10.2 Å². The Labute approximate surface area is 176 Å². The van der Waals surface area contributed by atoms with E-state index in [0.29, 0.717) is 16.9 Å². The van der Waals surface area contributed by atoms with Gasteiger partial charge >= 0.3 is 5.97 Å². The van der Waals surface area contributed by atoms with Crippen molar-refractivity contribution in [2.45, 2.75) is 0 Å². The molecule has 0 radical (unpaired) electrons. The minimum atomic E-state index is -0.523. The molecule has 1 aromatic heterocycles. The molecule has 3 aromatic rings. The van der Waals surface area contributed by atoms with Crippen LogP contribution in [0.15, 0.2) is 88.7 Å². The molecule has 3 rings (SSSR count). The van der Waals surface area contributed by atoms with Gasteiger partial charge in [0.1, 0.15) is 5.75 Å². The Bertz CT molecular complexity index is 1050. The Hall–Kier alpha value is -3.58. The summed E-state index contributed by atoms with van der Waals surface area (Å²) >= 11 is 3.37. The van der Waals surface area contributed by atoms with Crippen LogP contribution in [-0.4, -0.2) is 23.1 Å². The fraction of sp³-hybridized carbons (Fsp3) is 0. The molecule has 0 aliphatic heterocycles. The zero-order valence-electron chi connectivity index (χ0n) is 15.2. The number of esters is 1. The number of hydrazone groups is 1. The first-order chi connectivity index (χ1) is 14.1. The molecule has 144 valence electrons. The van der Waals surface area contributed by atoms with Gasteiger partial charge in [-0.2, -0.15) is 5.10 Å². The van der Waals surface area contributed by atoms with E-state index in [2.05, 4.69) is 31.4 Å². The number of hydrogen-bond donors (Lipinski definition) is 1. The summed E-state index contributed by atoms with van der Waals surface area (Å²) < 4.78 is 6.18. The van der Waals surface area contributed by atoms with Crippen molar-refractivity contribution in [3.05, 3.63) is 100 Å². The number of carbonyl (C=O) groups is 2. The summed E-state index contributed by atoms with van der Waals surface area (Å²) in [7, 11) is 0. The van der Waals surface area contributed by atoms with Crippen molar-refractivity contribution >= 4 is 40.1 Å². The number of benzene rings is 2. The Morgan fingerprint density at radius 1 is 1.07 bits per heavy atom. The Kier molecular flexibility index (Phi) is 7.02. The van der Waals surface area contributed by atoms with Crippen LogP contribution in [0.25, 0.3) is 6.08 Å². The summed E-state index contributed by atoms with van der Waals surface area (Å²) in [6.07, 6.45) is 7.44. The number of nitrogens with one attached hydrogen (secondary N) is 1. The highest BCUT2D eigenvalue weighted by atomic mass is 79.9. The molecule has 29 heavy (non-hydrogen) atoms. The third-order valence-electron chi connectivity index (χ3n) is 3.69.